The largest absolute Gasteiger partial charge is 0.370 e. The van der Waals surface area contributed by atoms with Crippen LogP contribution in [0.1, 0.15) is 18.5 Å². The molecule has 3 aliphatic rings. The quantitative estimate of drug-likeness (QED) is 0.723. The summed E-state index contributed by atoms with van der Waals surface area (Å²) in [6.45, 7) is 3.04. The molecule has 0 saturated carbocycles. The summed E-state index contributed by atoms with van der Waals surface area (Å²) in [5.74, 6) is 0.551. The average molecular weight is 392 g/mol. The Morgan fingerprint density at radius 3 is 3.11 bits per heavy atom. The Morgan fingerprint density at radius 2 is 2.37 bits per heavy atom. The van der Waals surface area contributed by atoms with Crippen LogP contribution in [0, 0.1) is 11.8 Å². The van der Waals surface area contributed by atoms with E-state index < -0.39 is 10.0 Å². The number of rotatable bonds is 6. The highest BCUT2D eigenvalue weighted by Crippen LogP contribution is 2.54. The lowest BCUT2D eigenvalue weighted by molar-refractivity contribution is 0.00212. The monoisotopic (exact) mass is 392 g/mol. The lowest BCUT2D eigenvalue weighted by Crippen LogP contribution is -2.41. The third-order valence-corrected chi connectivity index (χ3v) is 7.58. The van der Waals surface area contributed by atoms with Crippen molar-refractivity contribution in [1.82, 2.24) is 29.1 Å². The third-order valence-electron chi connectivity index (χ3n) is 6.27. The molecule has 0 aromatic carbocycles. The van der Waals surface area contributed by atoms with Crippen LogP contribution in [0.25, 0.3) is 0 Å². The van der Waals surface area contributed by atoms with Gasteiger partial charge in [0, 0.05) is 63.2 Å². The van der Waals surface area contributed by atoms with Crippen molar-refractivity contribution >= 4 is 10.0 Å². The molecule has 0 radical (unpaired) electrons. The molecule has 2 aromatic rings. The Hall–Kier alpha value is -1.75. The number of nitrogens with one attached hydrogen (secondary N) is 2. The van der Waals surface area contributed by atoms with Crippen LogP contribution < -0.4 is 4.72 Å². The second kappa shape index (κ2) is 6.13. The predicted molar refractivity (Wildman–Crippen MR) is 96.1 cm³/mol. The lowest BCUT2D eigenvalue weighted by Gasteiger charge is -2.29. The van der Waals surface area contributed by atoms with Gasteiger partial charge in [0.2, 0.25) is 0 Å². The van der Waals surface area contributed by atoms with E-state index in [1.54, 1.807) is 17.9 Å². The molecule has 146 valence electrons. The van der Waals surface area contributed by atoms with Crippen molar-refractivity contribution in [3.8, 4) is 0 Å². The maximum atomic E-state index is 12.5. The van der Waals surface area contributed by atoms with Crippen LogP contribution in [-0.4, -0.2) is 64.2 Å². The Bertz CT molecular complexity index is 926. The Morgan fingerprint density at radius 1 is 1.48 bits per heavy atom. The van der Waals surface area contributed by atoms with Gasteiger partial charge in [-0.2, -0.15) is 0 Å². The second-order valence-corrected chi connectivity index (χ2v) is 9.72. The SMILES string of the molecule is Cn1cnc(S(=O)(=O)NC[C@H]2[C@H]3CN(Cc4cnc[nH]4)C[C@]34CC[C@H]2O4)c1. The molecule has 9 nitrogen and oxygen atoms in total. The first-order valence-corrected chi connectivity index (χ1v) is 10.8. The molecule has 0 unspecified atom stereocenters. The van der Waals surface area contributed by atoms with Crippen LogP contribution in [0.4, 0.5) is 0 Å². The first-order chi connectivity index (χ1) is 13.0. The summed E-state index contributed by atoms with van der Waals surface area (Å²) >= 11 is 0. The fourth-order valence-electron chi connectivity index (χ4n) is 5.10. The number of H-pyrrole nitrogens is 1. The number of fused-ring (bicyclic) bond motifs is 1. The van der Waals surface area contributed by atoms with Gasteiger partial charge < -0.3 is 14.3 Å². The van der Waals surface area contributed by atoms with Gasteiger partial charge in [-0.25, -0.2) is 23.1 Å². The molecular weight excluding hydrogens is 368 g/mol. The van der Waals surface area contributed by atoms with Gasteiger partial charge in [-0.1, -0.05) is 0 Å². The summed E-state index contributed by atoms with van der Waals surface area (Å²) in [6, 6.07) is 0. The van der Waals surface area contributed by atoms with E-state index in [0.717, 1.165) is 38.2 Å². The summed E-state index contributed by atoms with van der Waals surface area (Å²) in [6.07, 6.45) is 8.77. The summed E-state index contributed by atoms with van der Waals surface area (Å²) in [5.41, 5.74) is 0.972. The summed E-state index contributed by atoms with van der Waals surface area (Å²) in [5, 5.41) is 0.0658. The van der Waals surface area contributed by atoms with Crippen LogP contribution >= 0.6 is 0 Å². The van der Waals surface area contributed by atoms with Gasteiger partial charge in [-0.05, 0) is 12.8 Å². The fraction of sp³-hybridized carbons (Fsp3) is 0.647. The van der Waals surface area contributed by atoms with Gasteiger partial charge >= 0.3 is 0 Å². The third kappa shape index (κ3) is 2.91. The van der Waals surface area contributed by atoms with E-state index in [1.165, 1.54) is 12.5 Å². The van der Waals surface area contributed by atoms with Gasteiger partial charge in [0.25, 0.3) is 10.0 Å². The molecule has 10 heteroatoms. The maximum Gasteiger partial charge on any atom is 0.259 e. The Labute approximate surface area is 158 Å². The van der Waals surface area contributed by atoms with E-state index in [2.05, 4.69) is 24.6 Å². The lowest BCUT2D eigenvalue weighted by atomic mass is 9.74. The van der Waals surface area contributed by atoms with E-state index in [4.69, 9.17) is 4.74 Å². The number of aromatic amines is 1. The number of ether oxygens (including phenoxy) is 1. The number of imidazole rings is 2. The first kappa shape index (κ1) is 17.4. The smallest absolute Gasteiger partial charge is 0.259 e. The summed E-state index contributed by atoms with van der Waals surface area (Å²) in [4.78, 5) is 13.6. The Kier molecular flexibility index (Phi) is 3.94. The predicted octanol–water partition coefficient (Wildman–Crippen LogP) is 0.101. The number of sulfonamides is 1. The molecule has 5 heterocycles. The van der Waals surface area contributed by atoms with Crippen molar-refractivity contribution in [3.05, 3.63) is 30.7 Å². The molecule has 3 saturated heterocycles. The summed E-state index contributed by atoms with van der Waals surface area (Å²) in [7, 11) is -1.84. The van der Waals surface area contributed by atoms with Gasteiger partial charge in [-0.15, -0.1) is 0 Å². The molecule has 0 amide bonds. The minimum Gasteiger partial charge on any atom is -0.370 e. The topological polar surface area (TPSA) is 105 Å². The Balaban J connectivity index is 1.28. The van der Waals surface area contributed by atoms with Crippen LogP contribution in [0.3, 0.4) is 0 Å². The first-order valence-electron chi connectivity index (χ1n) is 9.30. The zero-order valence-corrected chi connectivity index (χ0v) is 16.0. The molecular formula is C17H24N6O3S. The second-order valence-electron chi connectivity index (χ2n) is 8.01. The number of aromatic nitrogens is 4. The van der Waals surface area contributed by atoms with Crippen molar-refractivity contribution in [3.63, 3.8) is 0 Å². The van der Waals surface area contributed by atoms with Crippen LogP contribution in [0.5, 0.6) is 0 Å². The van der Waals surface area contributed by atoms with E-state index in [0.29, 0.717) is 12.5 Å². The van der Waals surface area contributed by atoms with Crippen molar-refractivity contribution < 1.29 is 13.2 Å². The van der Waals surface area contributed by atoms with Crippen LogP contribution in [-0.2, 0) is 28.4 Å². The number of nitrogens with zero attached hydrogens (tertiary/aromatic N) is 4. The van der Waals surface area contributed by atoms with E-state index in [-0.39, 0.29) is 22.6 Å². The van der Waals surface area contributed by atoms with E-state index in [9.17, 15) is 8.42 Å². The zero-order chi connectivity index (χ0) is 18.6. The van der Waals surface area contributed by atoms with Crippen LogP contribution in [0.2, 0.25) is 0 Å². The molecule has 3 aliphatic heterocycles. The highest BCUT2D eigenvalue weighted by atomic mass is 32.2. The molecule has 4 atom stereocenters. The average Bonchev–Trinajstić information content (AvgIpc) is 3.40. The number of hydrogen-bond acceptors (Lipinski definition) is 6. The van der Waals surface area contributed by atoms with Crippen molar-refractivity contribution in [2.45, 2.75) is 36.1 Å². The van der Waals surface area contributed by atoms with Crippen molar-refractivity contribution in [2.24, 2.45) is 18.9 Å². The minimum atomic E-state index is -3.59. The number of aryl methyl sites for hydroxylation is 1. The fourth-order valence-corrected chi connectivity index (χ4v) is 6.15. The molecule has 3 fully saturated rings. The molecule has 0 aliphatic carbocycles. The summed E-state index contributed by atoms with van der Waals surface area (Å²) < 4.78 is 35.9. The zero-order valence-electron chi connectivity index (χ0n) is 15.2. The van der Waals surface area contributed by atoms with Crippen molar-refractivity contribution in [2.75, 3.05) is 19.6 Å². The standard InChI is InChI=1S/C17H24N6O3S/c1-22-8-16(20-11-22)27(24,25)21-5-13-14-7-23(6-12-4-18-10-19-12)9-17(14)3-2-15(13)26-17/h4,8,10-11,13-15,21H,2-3,5-7,9H2,1H3,(H,18,19)/t13-,14+,15+,17+/m0/s1. The highest BCUT2D eigenvalue weighted by Gasteiger charge is 2.62. The molecule has 5 rings (SSSR count). The van der Waals surface area contributed by atoms with E-state index in [1.807, 2.05) is 6.20 Å². The van der Waals surface area contributed by atoms with E-state index >= 15 is 0 Å². The van der Waals surface area contributed by atoms with Crippen molar-refractivity contribution in [1.29, 1.82) is 0 Å². The maximum absolute atomic E-state index is 12.5. The van der Waals surface area contributed by atoms with Gasteiger partial charge in [0.1, 0.15) is 0 Å². The molecule has 2 N–H and O–H groups in total. The number of hydrogen-bond donors (Lipinski definition) is 2. The molecule has 27 heavy (non-hydrogen) atoms. The molecule has 2 bridgehead atoms. The van der Waals surface area contributed by atoms with Crippen LogP contribution in [0.15, 0.2) is 30.1 Å². The van der Waals surface area contributed by atoms with Gasteiger partial charge in [-0.3, -0.25) is 4.90 Å². The normalized spacial score (nSPS) is 33.0. The number of likely N-dealkylation sites (tertiary alicyclic amines) is 1. The molecule has 1 spiro atoms. The minimum absolute atomic E-state index is 0.0658. The highest BCUT2D eigenvalue weighted by molar-refractivity contribution is 7.89. The molecule has 2 aromatic heterocycles. The van der Waals surface area contributed by atoms with Gasteiger partial charge in [0.15, 0.2) is 5.03 Å². The van der Waals surface area contributed by atoms with Gasteiger partial charge in [0.05, 0.1) is 24.4 Å².